The molecule has 1 aromatic rings. The zero-order chi connectivity index (χ0) is 11.5. The van der Waals surface area contributed by atoms with E-state index in [0.717, 1.165) is 5.56 Å². The van der Waals surface area contributed by atoms with Crippen molar-refractivity contribution in [1.29, 1.82) is 0 Å². The molecule has 2 N–H and O–H groups in total. The molecule has 1 aromatic carbocycles. The molecule has 15 heavy (non-hydrogen) atoms. The van der Waals surface area contributed by atoms with Crippen LogP contribution in [0.3, 0.4) is 0 Å². The van der Waals surface area contributed by atoms with Gasteiger partial charge in [-0.1, -0.05) is 30.3 Å². The van der Waals surface area contributed by atoms with Crippen molar-refractivity contribution in [3.8, 4) is 0 Å². The molecule has 0 bridgehead atoms. The summed E-state index contributed by atoms with van der Waals surface area (Å²) in [5.41, 5.74) is 6.93. The second kappa shape index (κ2) is 4.77. The number of nitrogens with two attached hydrogens (primary N) is 1. The summed E-state index contributed by atoms with van der Waals surface area (Å²) in [5, 5.41) is -0.502. The Bertz CT molecular complexity index is 400. The largest absolute Gasteiger partial charge is 0.326 e. The molecule has 0 spiro atoms. The number of hydrogen-bond acceptors (Lipinski definition) is 3. The summed E-state index contributed by atoms with van der Waals surface area (Å²) in [5.74, 6) is 0. The van der Waals surface area contributed by atoms with Crippen LogP contribution in [0, 0.1) is 0 Å². The molecule has 0 fully saturated rings. The lowest BCUT2D eigenvalue weighted by Gasteiger charge is -2.18. The summed E-state index contributed by atoms with van der Waals surface area (Å²) < 4.78 is 22.6. The topological polar surface area (TPSA) is 60.2 Å². The molecule has 0 aliphatic rings. The first-order chi connectivity index (χ1) is 6.91. The molecular weight excluding hydrogens is 210 g/mol. The summed E-state index contributed by atoms with van der Waals surface area (Å²) in [7, 11) is -3.05. The van der Waals surface area contributed by atoms with Gasteiger partial charge in [0.1, 0.15) is 0 Å². The monoisotopic (exact) mass is 227 g/mol. The van der Waals surface area contributed by atoms with Gasteiger partial charge in [-0.25, -0.2) is 8.42 Å². The third kappa shape index (κ3) is 3.64. The maximum absolute atomic E-state index is 11.3. The highest BCUT2D eigenvalue weighted by molar-refractivity contribution is 7.91. The van der Waals surface area contributed by atoms with Gasteiger partial charge in [0.15, 0.2) is 9.84 Å². The lowest BCUT2D eigenvalue weighted by Crippen LogP contribution is -2.39. The van der Waals surface area contributed by atoms with Gasteiger partial charge in [0.25, 0.3) is 0 Å². The lowest BCUT2D eigenvalue weighted by molar-refractivity contribution is 0.562. The predicted molar refractivity (Wildman–Crippen MR) is 62.4 cm³/mol. The number of sulfone groups is 1. The molecule has 0 saturated heterocycles. The van der Waals surface area contributed by atoms with Crippen molar-refractivity contribution in [3.05, 3.63) is 35.9 Å². The minimum Gasteiger partial charge on any atom is -0.326 e. The summed E-state index contributed by atoms with van der Waals surface area (Å²) in [4.78, 5) is 0. The summed E-state index contributed by atoms with van der Waals surface area (Å²) in [6.45, 7) is 1.66. The molecule has 0 aromatic heterocycles. The Balaban J connectivity index is 2.68. The van der Waals surface area contributed by atoms with E-state index in [1.165, 1.54) is 6.26 Å². The van der Waals surface area contributed by atoms with E-state index in [1.54, 1.807) is 6.92 Å². The molecule has 0 heterocycles. The molecule has 1 rings (SSSR count). The molecule has 2 atom stereocenters. The quantitative estimate of drug-likeness (QED) is 0.834. The van der Waals surface area contributed by atoms with Gasteiger partial charge in [-0.2, -0.15) is 0 Å². The van der Waals surface area contributed by atoms with Gasteiger partial charge < -0.3 is 5.73 Å². The fraction of sp³-hybridized carbons (Fsp3) is 0.455. The molecule has 0 radical (unpaired) electrons. The summed E-state index contributed by atoms with van der Waals surface area (Å²) in [6, 6.07) is 9.33. The van der Waals surface area contributed by atoms with Gasteiger partial charge in [0.05, 0.1) is 5.25 Å². The number of benzene rings is 1. The Labute approximate surface area is 91.2 Å². The zero-order valence-electron chi connectivity index (χ0n) is 9.05. The average molecular weight is 227 g/mol. The number of rotatable bonds is 4. The Hall–Kier alpha value is -0.870. The molecular formula is C11H17NO2S. The van der Waals surface area contributed by atoms with Crippen LogP contribution in [0.25, 0.3) is 0 Å². The van der Waals surface area contributed by atoms with Crippen LogP contribution in [0.5, 0.6) is 0 Å². The van der Waals surface area contributed by atoms with Gasteiger partial charge in [-0.05, 0) is 18.9 Å². The Morgan fingerprint density at radius 3 is 2.27 bits per heavy atom. The van der Waals surface area contributed by atoms with Crippen LogP contribution < -0.4 is 5.73 Å². The highest BCUT2D eigenvalue weighted by Crippen LogP contribution is 2.09. The van der Waals surface area contributed by atoms with Gasteiger partial charge in [-0.3, -0.25) is 0 Å². The van der Waals surface area contributed by atoms with Crippen LogP contribution in [0.15, 0.2) is 30.3 Å². The van der Waals surface area contributed by atoms with Crippen LogP contribution >= 0.6 is 0 Å². The maximum atomic E-state index is 11.3. The second-order valence-electron chi connectivity index (χ2n) is 3.89. The standard InChI is InChI=1S/C11H17NO2S/c1-9(15(2,13)14)11(12)8-10-6-4-3-5-7-10/h3-7,9,11H,8,12H2,1-2H3. The second-order valence-corrected chi connectivity index (χ2v) is 6.29. The fourth-order valence-electron chi connectivity index (χ4n) is 1.37. The normalized spacial score (nSPS) is 15.9. The van der Waals surface area contributed by atoms with E-state index < -0.39 is 15.1 Å². The predicted octanol–water partition coefficient (Wildman–Crippen LogP) is 0.990. The number of hydrogen-bond donors (Lipinski definition) is 1. The van der Waals surface area contributed by atoms with E-state index in [4.69, 9.17) is 5.73 Å². The van der Waals surface area contributed by atoms with Gasteiger partial charge in [0, 0.05) is 12.3 Å². The van der Waals surface area contributed by atoms with Crippen LogP contribution in [0.1, 0.15) is 12.5 Å². The van der Waals surface area contributed by atoms with Crippen molar-refractivity contribution in [2.24, 2.45) is 5.73 Å². The van der Waals surface area contributed by atoms with E-state index in [2.05, 4.69) is 0 Å². The van der Waals surface area contributed by atoms with Crippen molar-refractivity contribution in [3.63, 3.8) is 0 Å². The minimum atomic E-state index is -3.05. The SMILES string of the molecule is CC(C(N)Cc1ccccc1)S(C)(=O)=O. The van der Waals surface area contributed by atoms with E-state index in [-0.39, 0.29) is 6.04 Å². The van der Waals surface area contributed by atoms with Crippen LogP contribution in [-0.2, 0) is 16.3 Å². The van der Waals surface area contributed by atoms with E-state index >= 15 is 0 Å². The first-order valence-electron chi connectivity index (χ1n) is 4.89. The third-order valence-electron chi connectivity index (χ3n) is 2.59. The summed E-state index contributed by atoms with van der Waals surface area (Å²) >= 11 is 0. The van der Waals surface area contributed by atoms with E-state index in [9.17, 15) is 8.42 Å². The van der Waals surface area contributed by atoms with Crippen LogP contribution in [0.2, 0.25) is 0 Å². The minimum absolute atomic E-state index is 0.345. The lowest BCUT2D eigenvalue weighted by atomic mass is 10.0. The van der Waals surface area contributed by atoms with Crippen molar-refractivity contribution in [1.82, 2.24) is 0 Å². The van der Waals surface area contributed by atoms with Crippen molar-refractivity contribution < 1.29 is 8.42 Å². The molecule has 3 nitrogen and oxygen atoms in total. The molecule has 0 saturated carbocycles. The fourth-order valence-corrected chi connectivity index (χ4v) is 2.10. The highest BCUT2D eigenvalue weighted by Gasteiger charge is 2.22. The zero-order valence-corrected chi connectivity index (χ0v) is 9.87. The third-order valence-corrected chi connectivity index (χ3v) is 4.29. The van der Waals surface area contributed by atoms with Crippen molar-refractivity contribution in [2.45, 2.75) is 24.6 Å². The van der Waals surface area contributed by atoms with Crippen molar-refractivity contribution in [2.75, 3.05) is 6.26 Å². The Kier molecular flexibility index (Phi) is 3.88. The molecule has 4 heteroatoms. The first-order valence-corrected chi connectivity index (χ1v) is 6.85. The van der Waals surface area contributed by atoms with Gasteiger partial charge in [-0.15, -0.1) is 0 Å². The molecule has 0 aliphatic carbocycles. The van der Waals surface area contributed by atoms with Crippen LogP contribution in [-0.4, -0.2) is 26.0 Å². The van der Waals surface area contributed by atoms with Crippen molar-refractivity contribution >= 4 is 9.84 Å². The smallest absolute Gasteiger partial charge is 0.151 e. The molecule has 2 unspecified atom stereocenters. The highest BCUT2D eigenvalue weighted by atomic mass is 32.2. The van der Waals surface area contributed by atoms with E-state index in [1.807, 2.05) is 30.3 Å². The summed E-state index contributed by atoms with van der Waals surface area (Å²) in [6.07, 6.45) is 1.82. The first kappa shape index (κ1) is 12.2. The molecule has 84 valence electrons. The molecule has 0 aliphatic heterocycles. The van der Waals surface area contributed by atoms with Crippen LogP contribution in [0.4, 0.5) is 0 Å². The Morgan fingerprint density at radius 1 is 1.27 bits per heavy atom. The Morgan fingerprint density at radius 2 is 1.80 bits per heavy atom. The maximum Gasteiger partial charge on any atom is 0.151 e. The average Bonchev–Trinajstić information content (AvgIpc) is 2.16. The van der Waals surface area contributed by atoms with Gasteiger partial charge >= 0.3 is 0 Å². The van der Waals surface area contributed by atoms with E-state index in [0.29, 0.717) is 6.42 Å². The molecule has 0 amide bonds. The van der Waals surface area contributed by atoms with Gasteiger partial charge in [0.2, 0.25) is 0 Å².